The molecule has 2 unspecified atom stereocenters. The Hall–Kier alpha value is -0.770. The van der Waals surface area contributed by atoms with E-state index in [9.17, 15) is 9.90 Å². The summed E-state index contributed by atoms with van der Waals surface area (Å²) < 4.78 is 5.44. The summed E-state index contributed by atoms with van der Waals surface area (Å²) in [7, 11) is 0. The van der Waals surface area contributed by atoms with Gasteiger partial charge >= 0.3 is 6.09 Å². The molecule has 4 heteroatoms. The second-order valence-corrected chi connectivity index (χ2v) is 6.92. The van der Waals surface area contributed by atoms with Gasteiger partial charge in [-0.15, -0.1) is 0 Å². The lowest BCUT2D eigenvalue weighted by atomic mass is 9.93. The number of rotatable bonds is 2. The van der Waals surface area contributed by atoms with Crippen molar-refractivity contribution >= 4 is 6.09 Å². The third-order valence-electron chi connectivity index (χ3n) is 4.20. The van der Waals surface area contributed by atoms with E-state index in [0.717, 1.165) is 25.7 Å². The molecule has 110 valence electrons. The van der Waals surface area contributed by atoms with E-state index >= 15 is 0 Å². The van der Waals surface area contributed by atoms with Crippen LogP contribution in [0.5, 0.6) is 0 Å². The van der Waals surface area contributed by atoms with Gasteiger partial charge in [-0.05, 0) is 52.4 Å². The molecule has 4 nitrogen and oxygen atoms in total. The van der Waals surface area contributed by atoms with Gasteiger partial charge in [0.2, 0.25) is 0 Å². The van der Waals surface area contributed by atoms with Crippen molar-refractivity contribution in [2.45, 2.75) is 77.0 Å². The van der Waals surface area contributed by atoms with Gasteiger partial charge in [0.15, 0.2) is 0 Å². The number of hydrogen-bond acceptors (Lipinski definition) is 3. The van der Waals surface area contributed by atoms with Crippen LogP contribution in [0.2, 0.25) is 0 Å². The molecule has 2 rings (SSSR count). The fourth-order valence-electron chi connectivity index (χ4n) is 3.31. The van der Waals surface area contributed by atoms with Crippen molar-refractivity contribution in [3.8, 4) is 0 Å². The van der Waals surface area contributed by atoms with Crippen LogP contribution in [0.1, 0.15) is 59.3 Å². The van der Waals surface area contributed by atoms with Gasteiger partial charge in [0.05, 0.1) is 12.1 Å². The number of carbonyl (C=O) groups excluding carboxylic acids is 1. The largest absolute Gasteiger partial charge is 0.444 e. The highest BCUT2D eigenvalue weighted by Crippen LogP contribution is 2.34. The molecule has 1 saturated carbocycles. The number of likely N-dealkylation sites (tertiary alicyclic amines) is 1. The molecule has 0 spiro atoms. The molecule has 0 aromatic heterocycles. The third-order valence-corrected chi connectivity index (χ3v) is 4.20. The summed E-state index contributed by atoms with van der Waals surface area (Å²) in [5.41, 5.74) is -0.470. The molecule has 1 saturated heterocycles. The summed E-state index contributed by atoms with van der Waals surface area (Å²) in [6.45, 7) is 6.35. The van der Waals surface area contributed by atoms with Crippen molar-refractivity contribution in [2.24, 2.45) is 5.92 Å². The van der Waals surface area contributed by atoms with E-state index in [2.05, 4.69) is 0 Å². The fraction of sp³-hybridized carbons (Fsp3) is 0.933. The summed E-state index contributed by atoms with van der Waals surface area (Å²) in [4.78, 5) is 13.9. The van der Waals surface area contributed by atoms with Crippen LogP contribution >= 0.6 is 0 Å². The lowest BCUT2D eigenvalue weighted by Gasteiger charge is -2.33. The Balaban J connectivity index is 1.97. The average molecular weight is 269 g/mol. The first-order valence-corrected chi connectivity index (χ1v) is 7.56. The monoisotopic (exact) mass is 269 g/mol. The Morgan fingerprint density at radius 2 is 1.84 bits per heavy atom. The zero-order valence-corrected chi connectivity index (χ0v) is 12.4. The van der Waals surface area contributed by atoms with Crippen LogP contribution in [0.25, 0.3) is 0 Å². The molecule has 2 aliphatic rings. The van der Waals surface area contributed by atoms with E-state index in [1.54, 1.807) is 4.90 Å². The molecular weight excluding hydrogens is 242 g/mol. The van der Waals surface area contributed by atoms with E-state index in [0.29, 0.717) is 12.5 Å². The average Bonchev–Trinajstić information content (AvgIpc) is 2.97. The van der Waals surface area contributed by atoms with Crippen LogP contribution in [0, 0.1) is 5.92 Å². The van der Waals surface area contributed by atoms with Gasteiger partial charge in [-0.1, -0.05) is 12.8 Å². The summed E-state index contributed by atoms with van der Waals surface area (Å²) in [6.07, 6.45) is 5.83. The molecule has 0 bridgehead atoms. The highest BCUT2D eigenvalue weighted by molar-refractivity contribution is 5.69. The standard InChI is InChI=1S/C15H27NO3/c1-15(2,3)19-14(18)16-10-6-9-12(16)13(17)11-7-4-5-8-11/h11-13,17H,4-10H2,1-3H3. The van der Waals surface area contributed by atoms with Crippen LogP contribution in [0.4, 0.5) is 4.79 Å². The van der Waals surface area contributed by atoms with E-state index in [1.165, 1.54) is 12.8 Å². The summed E-state index contributed by atoms with van der Waals surface area (Å²) in [5.74, 6) is 0.369. The molecule has 1 amide bonds. The van der Waals surface area contributed by atoms with E-state index in [-0.39, 0.29) is 18.2 Å². The van der Waals surface area contributed by atoms with E-state index in [1.807, 2.05) is 20.8 Å². The zero-order valence-electron chi connectivity index (χ0n) is 12.4. The van der Waals surface area contributed by atoms with Gasteiger partial charge in [-0.3, -0.25) is 0 Å². The van der Waals surface area contributed by atoms with Crippen molar-refractivity contribution in [3.63, 3.8) is 0 Å². The number of nitrogens with zero attached hydrogens (tertiary/aromatic N) is 1. The number of aliphatic hydroxyl groups is 1. The first kappa shape index (κ1) is 14.6. The van der Waals surface area contributed by atoms with Gasteiger partial charge in [-0.2, -0.15) is 0 Å². The maximum atomic E-state index is 12.2. The van der Waals surface area contributed by atoms with Gasteiger partial charge < -0.3 is 14.7 Å². The smallest absolute Gasteiger partial charge is 0.410 e. The number of hydrogen-bond donors (Lipinski definition) is 1. The lowest BCUT2D eigenvalue weighted by molar-refractivity contribution is -0.00686. The SMILES string of the molecule is CC(C)(C)OC(=O)N1CCCC1C(O)C1CCCC1. The van der Waals surface area contributed by atoms with Crippen LogP contribution in [0.15, 0.2) is 0 Å². The van der Waals surface area contributed by atoms with Gasteiger partial charge in [-0.25, -0.2) is 4.79 Å². The Bertz CT molecular complexity index is 318. The van der Waals surface area contributed by atoms with Crippen molar-refractivity contribution in [3.05, 3.63) is 0 Å². The normalized spacial score (nSPS) is 26.7. The van der Waals surface area contributed by atoms with Crippen molar-refractivity contribution in [1.82, 2.24) is 4.90 Å². The molecule has 2 atom stereocenters. The molecular formula is C15H27NO3. The highest BCUT2D eigenvalue weighted by Gasteiger charge is 2.39. The fourth-order valence-corrected chi connectivity index (χ4v) is 3.31. The van der Waals surface area contributed by atoms with Crippen LogP contribution in [0.3, 0.4) is 0 Å². The lowest BCUT2D eigenvalue weighted by Crippen LogP contribution is -2.47. The minimum absolute atomic E-state index is 0.0436. The number of carbonyl (C=O) groups is 1. The number of aliphatic hydroxyl groups excluding tert-OH is 1. The topological polar surface area (TPSA) is 49.8 Å². The molecule has 1 N–H and O–H groups in total. The molecule has 19 heavy (non-hydrogen) atoms. The maximum Gasteiger partial charge on any atom is 0.410 e. The molecule has 1 aliphatic carbocycles. The van der Waals surface area contributed by atoms with E-state index in [4.69, 9.17) is 4.74 Å². The van der Waals surface area contributed by atoms with Gasteiger partial charge in [0.1, 0.15) is 5.60 Å². The van der Waals surface area contributed by atoms with E-state index < -0.39 is 5.60 Å². The first-order chi connectivity index (χ1) is 8.88. The summed E-state index contributed by atoms with van der Waals surface area (Å²) in [6, 6.07) is -0.0436. The summed E-state index contributed by atoms with van der Waals surface area (Å²) in [5, 5.41) is 10.5. The Morgan fingerprint density at radius 1 is 1.21 bits per heavy atom. The quantitative estimate of drug-likeness (QED) is 0.838. The minimum atomic E-state index is -0.470. The second kappa shape index (κ2) is 5.70. The van der Waals surface area contributed by atoms with Crippen LogP contribution < -0.4 is 0 Å². The number of ether oxygens (including phenoxy) is 1. The molecule has 1 heterocycles. The Morgan fingerprint density at radius 3 is 2.42 bits per heavy atom. The van der Waals surface area contributed by atoms with Crippen molar-refractivity contribution < 1.29 is 14.6 Å². The predicted molar refractivity (Wildman–Crippen MR) is 73.9 cm³/mol. The van der Waals surface area contributed by atoms with Gasteiger partial charge in [0, 0.05) is 6.54 Å². The third kappa shape index (κ3) is 3.62. The van der Waals surface area contributed by atoms with Crippen molar-refractivity contribution in [1.29, 1.82) is 0 Å². The Labute approximate surface area is 116 Å². The first-order valence-electron chi connectivity index (χ1n) is 7.56. The molecule has 2 fully saturated rings. The van der Waals surface area contributed by atoms with Crippen molar-refractivity contribution in [2.75, 3.05) is 6.54 Å². The molecule has 0 radical (unpaired) electrons. The van der Waals surface area contributed by atoms with Crippen LogP contribution in [-0.4, -0.2) is 40.4 Å². The Kier molecular flexibility index (Phi) is 4.39. The molecule has 0 aromatic rings. The predicted octanol–water partition coefficient (Wildman–Crippen LogP) is 2.94. The van der Waals surface area contributed by atoms with Crippen LogP contribution in [-0.2, 0) is 4.74 Å². The number of amides is 1. The van der Waals surface area contributed by atoms with Gasteiger partial charge in [0.25, 0.3) is 0 Å². The summed E-state index contributed by atoms with van der Waals surface area (Å²) >= 11 is 0. The second-order valence-electron chi connectivity index (χ2n) is 6.92. The molecule has 1 aliphatic heterocycles. The molecule has 0 aromatic carbocycles. The highest BCUT2D eigenvalue weighted by atomic mass is 16.6. The maximum absolute atomic E-state index is 12.2. The zero-order chi connectivity index (χ0) is 14.0. The minimum Gasteiger partial charge on any atom is -0.444 e.